The second-order valence-electron chi connectivity index (χ2n) is 6.29. The van der Waals surface area contributed by atoms with Gasteiger partial charge in [0, 0.05) is 26.6 Å². The number of amides is 1. The van der Waals surface area contributed by atoms with Crippen LogP contribution in [0.5, 0.6) is 0 Å². The van der Waals surface area contributed by atoms with E-state index in [1.165, 1.54) is 17.1 Å². The molecule has 1 aromatic carbocycles. The van der Waals surface area contributed by atoms with Crippen LogP contribution in [-0.4, -0.2) is 43.7 Å². The Morgan fingerprint density at radius 2 is 2.00 bits per heavy atom. The standard InChI is InChI=1S/C19H23N5O2/c1-3-4-11-22(2)17(25)10-12-23-14-20-18-16(19(23)26)13-21-24(18)15-8-6-5-7-9-15/h5-9,13-14H,3-4,10-12H2,1-2H3. The number of nitrogens with zero attached hydrogens (tertiary/aromatic N) is 5. The number of aromatic nitrogens is 4. The molecule has 2 aromatic heterocycles. The Balaban J connectivity index is 1.78. The SMILES string of the molecule is CCCCN(C)C(=O)CCn1cnc2c(cnn2-c2ccccc2)c1=O. The van der Waals surface area contributed by atoms with E-state index in [0.29, 0.717) is 17.6 Å². The molecule has 2 heterocycles. The monoisotopic (exact) mass is 353 g/mol. The lowest BCUT2D eigenvalue weighted by Crippen LogP contribution is -2.30. The van der Waals surface area contributed by atoms with E-state index in [2.05, 4.69) is 17.0 Å². The molecule has 0 radical (unpaired) electrons. The Morgan fingerprint density at radius 1 is 1.23 bits per heavy atom. The Bertz CT molecular complexity index is 945. The first-order valence-corrected chi connectivity index (χ1v) is 8.84. The molecule has 3 aromatic rings. The van der Waals surface area contributed by atoms with E-state index in [1.807, 2.05) is 30.3 Å². The number of hydrogen-bond acceptors (Lipinski definition) is 4. The van der Waals surface area contributed by atoms with Crippen molar-refractivity contribution in [3.8, 4) is 5.69 Å². The maximum atomic E-state index is 12.7. The number of hydrogen-bond donors (Lipinski definition) is 0. The summed E-state index contributed by atoms with van der Waals surface area (Å²) in [6.07, 6.45) is 5.33. The van der Waals surface area contributed by atoms with Crippen molar-refractivity contribution >= 4 is 16.9 Å². The zero-order valence-electron chi connectivity index (χ0n) is 15.1. The number of carbonyl (C=O) groups is 1. The molecule has 7 heteroatoms. The van der Waals surface area contributed by atoms with E-state index in [4.69, 9.17) is 0 Å². The fourth-order valence-corrected chi connectivity index (χ4v) is 2.79. The van der Waals surface area contributed by atoms with Gasteiger partial charge in [-0.25, -0.2) is 9.67 Å². The summed E-state index contributed by atoms with van der Waals surface area (Å²) < 4.78 is 3.12. The van der Waals surface area contributed by atoms with Gasteiger partial charge in [-0.05, 0) is 18.6 Å². The highest BCUT2D eigenvalue weighted by Gasteiger charge is 2.13. The van der Waals surface area contributed by atoms with Crippen molar-refractivity contribution in [1.29, 1.82) is 0 Å². The summed E-state index contributed by atoms with van der Waals surface area (Å²) in [7, 11) is 1.80. The molecule has 0 unspecified atom stereocenters. The second-order valence-corrected chi connectivity index (χ2v) is 6.29. The Kier molecular flexibility index (Phi) is 5.46. The van der Waals surface area contributed by atoms with Gasteiger partial charge in [0.05, 0.1) is 18.2 Å². The first kappa shape index (κ1) is 17.8. The largest absolute Gasteiger partial charge is 0.346 e. The molecule has 0 aliphatic heterocycles. The van der Waals surface area contributed by atoms with Crippen LogP contribution in [0.2, 0.25) is 0 Å². The van der Waals surface area contributed by atoms with E-state index in [1.54, 1.807) is 16.6 Å². The third-order valence-electron chi connectivity index (χ3n) is 4.39. The maximum absolute atomic E-state index is 12.7. The molecule has 0 aliphatic rings. The van der Waals surface area contributed by atoms with Crippen molar-refractivity contribution in [3.05, 3.63) is 53.2 Å². The zero-order valence-corrected chi connectivity index (χ0v) is 15.1. The van der Waals surface area contributed by atoms with Crippen molar-refractivity contribution in [2.24, 2.45) is 0 Å². The molecule has 0 bridgehead atoms. The van der Waals surface area contributed by atoms with Gasteiger partial charge in [0.25, 0.3) is 5.56 Å². The fourth-order valence-electron chi connectivity index (χ4n) is 2.79. The van der Waals surface area contributed by atoms with Crippen molar-refractivity contribution in [3.63, 3.8) is 0 Å². The van der Waals surface area contributed by atoms with Crippen LogP contribution in [0.4, 0.5) is 0 Å². The van der Waals surface area contributed by atoms with Crippen LogP contribution < -0.4 is 5.56 Å². The van der Waals surface area contributed by atoms with Gasteiger partial charge < -0.3 is 4.90 Å². The Labute approximate surface area is 151 Å². The normalized spacial score (nSPS) is 11.0. The van der Waals surface area contributed by atoms with E-state index in [9.17, 15) is 9.59 Å². The minimum atomic E-state index is -0.179. The summed E-state index contributed by atoms with van der Waals surface area (Å²) in [5.74, 6) is 0.0328. The van der Waals surface area contributed by atoms with Crippen molar-refractivity contribution in [2.45, 2.75) is 32.7 Å². The first-order valence-electron chi connectivity index (χ1n) is 8.84. The number of carbonyl (C=O) groups excluding carboxylic acids is 1. The lowest BCUT2D eigenvalue weighted by molar-refractivity contribution is -0.130. The summed E-state index contributed by atoms with van der Waals surface area (Å²) in [6.45, 7) is 3.15. The lowest BCUT2D eigenvalue weighted by Gasteiger charge is -2.16. The van der Waals surface area contributed by atoms with Gasteiger partial charge in [-0.3, -0.25) is 14.2 Å². The van der Waals surface area contributed by atoms with Crippen molar-refractivity contribution < 1.29 is 4.79 Å². The van der Waals surface area contributed by atoms with Gasteiger partial charge in [-0.2, -0.15) is 5.10 Å². The average molecular weight is 353 g/mol. The molecule has 0 N–H and O–H groups in total. The average Bonchev–Trinajstić information content (AvgIpc) is 3.11. The molecule has 0 fully saturated rings. The Morgan fingerprint density at radius 3 is 2.73 bits per heavy atom. The smallest absolute Gasteiger partial charge is 0.264 e. The van der Waals surface area contributed by atoms with Crippen LogP contribution in [0.25, 0.3) is 16.7 Å². The topological polar surface area (TPSA) is 73.0 Å². The molecule has 0 saturated carbocycles. The van der Waals surface area contributed by atoms with E-state index < -0.39 is 0 Å². The highest BCUT2D eigenvalue weighted by molar-refractivity contribution is 5.76. The third-order valence-corrected chi connectivity index (χ3v) is 4.39. The minimum absolute atomic E-state index is 0.0328. The third kappa shape index (κ3) is 3.66. The molecule has 26 heavy (non-hydrogen) atoms. The number of rotatable bonds is 7. The highest BCUT2D eigenvalue weighted by atomic mass is 16.2. The summed E-state index contributed by atoms with van der Waals surface area (Å²) in [4.78, 5) is 30.9. The predicted molar refractivity (Wildman–Crippen MR) is 100 cm³/mol. The molecule has 7 nitrogen and oxygen atoms in total. The molecule has 1 amide bonds. The van der Waals surface area contributed by atoms with Crippen LogP contribution in [0.3, 0.4) is 0 Å². The van der Waals surface area contributed by atoms with Crippen molar-refractivity contribution in [1.82, 2.24) is 24.2 Å². The van der Waals surface area contributed by atoms with Crippen LogP contribution >= 0.6 is 0 Å². The molecular formula is C19H23N5O2. The number of unbranched alkanes of at least 4 members (excludes halogenated alkanes) is 1. The van der Waals surface area contributed by atoms with E-state index in [0.717, 1.165) is 25.1 Å². The predicted octanol–water partition coefficient (Wildman–Crippen LogP) is 2.23. The summed E-state index contributed by atoms with van der Waals surface area (Å²) in [6, 6.07) is 9.55. The molecule has 0 aliphatic carbocycles. The summed E-state index contributed by atoms with van der Waals surface area (Å²) in [5.41, 5.74) is 1.19. The van der Waals surface area contributed by atoms with Crippen LogP contribution in [0.15, 0.2) is 47.7 Å². The molecule has 0 spiro atoms. The quantitative estimate of drug-likeness (QED) is 0.653. The van der Waals surface area contributed by atoms with Gasteiger partial charge in [0.1, 0.15) is 5.39 Å². The number of fused-ring (bicyclic) bond motifs is 1. The molecule has 0 saturated heterocycles. The maximum Gasteiger partial charge on any atom is 0.264 e. The van der Waals surface area contributed by atoms with Gasteiger partial charge >= 0.3 is 0 Å². The molecule has 136 valence electrons. The van der Waals surface area contributed by atoms with E-state index >= 15 is 0 Å². The molecule has 3 rings (SSSR count). The highest BCUT2D eigenvalue weighted by Crippen LogP contribution is 2.13. The first-order chi connectivity index (χ1) is 12.6. The number of para-hydroxylation sites is 1. The van der Waals surface area contributed by atoms with Crippen LogP contribution in [0, 0.1) is 0 Å². The molecular weight excluding hydrogens is 330 g/mol. The van der Waals surface area contributed by atoms with Gasteiger partial charge in [0.2, 0.25) is 5.91 Å². The van der Waals surface area contributed by atoms with E-state index in [-0.39, 0.29) is 17.9 Å². The van der Waals surface area contributed by atoms with Gasteiger partial charge in [0.15, 0.2) is 5.65 Å². The summed E-state index contributed by atoms with van der Waals surface area (Å²) >= 11 is 0. The number of benzene rings is 1. The van der Waals surface area contributed by atoms with Crippen LogP contribution in [-0.2, 0) is 11.3 Å². The fraction of sp³-hybridized carbons (Fsp3) is 0.368. The summed E-state index contributed by atoms with van der Waals surface area (Å²) in [5, 5.41) is 4.74. The lowest BCUT2D eigenvalue weighted by atomic mass is 10.3. The van der Waals surface area contributed by atoms with Gasteiger partial charge in [-0.15, -0.1) is 0 Å². The Hall–Kier alpha value is -2.96. The molecule has 0 atom stereocenters. The van der Waals surface area contributed by atoms with Crippen LogP contribution in [0.1, 0.15) is 26.2 Å². The number of aryl methyl sites for hydroxylation is 1. The van der Waals surface area contributed by atoms with Crippen molar-refractivity contribution in [2.75, 3.05) is 13.6 Å². The minimum Gasteiger partial charge on any atom is -0.346 e. The zero-order chi connectivity index (χ0) is 18.5. The second kappa shape index (κ2) is 7.95. The van der Waals surface area contributed by atoms with Gasteiger partial charge in [-0.1, -0.05) is 31.5 Å².